The minimum Gasteiger partial charge on any atom is -0.343 e. The fraction of sp³-hybridized carbons (Fsp3) is 0.231. The standard InChI is InChI=1S/C13H12BrF3N2O2/c1-3-11(20)18-6-12(21)19-10-5-8(14)4-9(7(10)2)13(15,16)17/h3-5H,1,6H2,2H3,(H,18,20)(H,19,21). The van der Waals surface area contributed by atoms with Crippen molar-refractivity contribution >= 4 is 33.4 Å². The lowest BCUT2D eigenvalue weighted by molar-refractivity contribution is -0.138. The average molecular weight is 365 g/mol. The first-order valence-electron chi connectivity index (χ1n) is 5.72. The van der Waals surface area contributed by atoms with Crippen LogP contribution in [0.4, 0.5) is 18.9 Å². The van der Waals surface area contributed by atoms with Gasteiger partial charge in [-0.1, -0.05) is 22.5 Å². The van der Waals surface area contributed by atoms with Crippen LogP contribution in [0.3, 0.4) is 0 Å². The van der Waals surface area contributed by atoms with Crippen LogP contribution >= 0.6 is 15.9 Å². The first kappa shape index (κ1) is 17.2. The number of hydrogen-bond acceptors (Lipinski definition) is 2. The lowest BCUT2D eigenvalue weighted by Crippen LogP contribution is -2.31. The molecule has 1 aromatic rings. The monoisotopic (exact) mass is 364 g/mol. The van der Waals surface area contributed by atoms with Crippen molar-refractivity contribution in [3.63, 3.8) is 0 Å². The van der Waals surface area contributed by atoms with E-state index in [1.54, 1.807) is 0 Å². The first-order chi connectivity index (χ1) is 9.65. The zero-order chi connectivity index (χ0) is 16.2. The molecule has 2 amide bonds. The Balaban J connectivity index is 2.94. The van der Waals surface area contributed by atoms with E-state index in [1.165, 1.54) is 13.0 Å². The molecule has 8 heteroatoms. The second-order valence-corrected chi connectivity index (χ2v) is 5.01. The average Bonchev–Trinajstić information content (AvgIpc) is 2.38. The fourth-order valence-electron chi connectivity index (χ4n) is 1.54. The van der Waals surface area contributed by atoms with Gasteiger partial charge in [0.1, 0.15) is 0 Å². The summed E-state index contributed by atoms with van der Waals surface area (Å²) in [6.07, 6.45) is -3.54. The summed E-state index contributed by atoms with van der Waals surface area (Å²) in [5, 5.41) is 4.55. The smallest absolute Gasteiger partial charge is 0.343 e. The minimum absolute atomic E-state index is 0.0227. The summed E-state index contributed by atoms with van der Waals surface area (Å²) in [7, 11) is 0. The topological polar surface area (TPSA) is 58.2 Å². The van der Waals surface area contributed by atoms with Crippen molar-refractivity contribution in [1.29, 1.82) is 0 Å². The van der Waals surface area contributed by atoms with Gasteiger partial charge >= 0.3 is 6.18 Å². The molecule has 0 aromatic heterocycles. The van der Waals surface area contributed by atoms with E-state index in [0.717, 1.165) is 12.1 Å². The second-order valence-electron chi connectivity index (χ2n) is 4.09. The maximum absolute atomic E-state index is 12.8. The summed E-state index contributed by atoms with van der Waals surface area (Å²) in [4.78, 5) is 22.5. The van der Waals surface area contributed by atoms with Gasteiger partial charge in [0.25, 0.3) is 0 Å². The van der Waals surface area contributed by atoms with Crippen molar-refractivity contribution in [2.45, 2.75) is 13.1 Å². The van der Waals surface area contributed by atoms with Crippen molar-refractivity contribution in [3.05, 3.63) is 40.4 Å². The number of halogens is 4. The van der Waals surface area contributed by atoms with Crippen LogP contribution in [0.2, 0.25) is 0 Å². The SMILES string of the molecule is C=CC(=O)NCC(=O)Nc1cc(Br)cc(C(F)(F)F)c1C. The molecule has 114 valence electrons. The number of alkyl halides is 3. The molecule has 0 radical (unpaired) electrons. The number of amides is 2. The molecule has 0 heterocycles. The van der Waals surface area contributed by atoms with E-state index in [1.807, 2.05) is 0 Å². The van der Waals surface area contributed by atoms with Crippen LogP contribution in [-0.2, 0) is 15.8 Å². The van der Waals surface area contributed by atoms with E-state index in [4.69, 9.17) is 0 Å². The van der Waals surface area contributed by atoms with Crippen LogP contribution in [0, 0.1) is 6.92 Å². The normalized spacial score (nSPS) is 10.9. The van der Waals surface area contributed by atoms with E-state index in [2.05, 4.69) is 33.1 Å². The van der Waals surface area contributed by atoms with Gasteiger partial charge < -0.3 is 10.6 Å². The van der Waals surface area contributed by atoms with E-state index in [9.17, 15) is 22.8 Å². The molecule has 0 aliphatic carbocycles. The number of carbonyl (C=O) groups is 2. The highest BCUT2D eigenvalue weighted by molar-refractivity contribution is 9.10. The molecule has 0 bridgehead atoms. The molecule has 4 nitrogen and oxygen atoms in total. The highest BCUT2D eigenvalue weighted by atomic mass is 79.9. The lowest BCUT2D eigenvalue weighted by Gasteiger charge is -2.15. The van der Waals surface area contributed by atoms with E-state index >= 15 is 0 Å². The maximum atomic E-state index is 12.8. The van der Waals surface area contributed by atoms with Crippen LogP contribution in [0.25, 0.3) is 0 Å². The molecule has 0 aliphatic rings. The van der Waals surface area contributed by atoms with Gasteiger partial charge in [0.15, 0.2) is 0 Å². The molecular formula is C13H12BrF3N2O2. The van der Waals surface area contributed by atoms with E-state index < -0.39 is 23.6 Å². The van der Waals surface area contributed by atoms with Gasteiger partial charge in [0.2, 0.25) is 11.8 Å². The van der Waals surface area contributed by atoms with Crippen molar-refractivity contribution in [2.75, 3.05) is 11.9 Å². The molecule has 21 heavy (non-hydrogen) atoms. The van der Waals surface area contributed by atoms with E-state index in [0.29, 0.717) is 0 Å². The molecule has 0 atom stereocenters. The molecule has 0 saturated heterocycles. The van der Waals surface area contributed by atoms with Crippen molar-refractivity contribution in [2.24, 2.45) is 0 Å². The molecule has 2 N–H and O–H groups in total. The minimum atomic E-state index is -4.52. The Hall–Kier alpha value is -1.83. The van der Waals surface area contributed by atoms with Gasteiger partial charge in [0, 0.05) is 10.2 Å². The van der Waals surface area contributed by atoms with Crippen LogP contribution in [0.5, 0.6) is 0 Å². The predicted molar refractivity (Wildman–Crippen MR) is 75.7 cm³/mol. The molecule has 0 aliphatic heterocycles. The number of hydrogen-bond donors (Lipinski definition) is 2. The van der Waals surface area contributed by atoms with Crippen molar-refractivity contribution in [3.8, 4) is 0 Å². The van der Waals surface area contributed by atoms with Gasteiger partial charge in [-0.2, -0.15) is 13.2 Å². The largest absolute Gasteiger partial charge is 0.416 e. The van der Waals surface area contributed by atoms with Gasteiger partial charge in [-0.3, -0.25) is 9.59 Å². The Morgan fingerprint density at radius 1 is 1.38 bits per heavy atom. The molecule has 0 saturated carbocycles. The summed E-state index contributed by atoms with van der Waals surface area (Å²) in [6.45, 7) is 4.11. The quantitative estimate of drug-likeness (QED) is 0.806. The van der Waals surface area contributed by atoms with Crippen LogP contribution in [-0.4, -0.2) is 18.4 Å². The number of nitrogens with one attached hydrogen (secondary N) is 2. The van der Waals surface area contributed by atoms with Gasteiger partial charge in [-0.15, -0.1) is 0 Å². The van der Waals surface area contributed by atoms with Crippen LogP contribution < -0.4 is 10.6 Å². The Bertz CT molecular complexity index is 586. The van der Waals surface area contributed by atoms with Gasteiger partial charge in [0.05, 0.1) is 12.1 Å². The summed E-state index contributed by atoms with van der Waals surface area (Å²) < 4.78 is 38.7. The molecular weight excluding hydrogens is 353 g/mol. The number of rotatable bonds is 4. The Kier molecular flexibility index (Phi) is 5.54. The maximum Gasteiger partial charge on any atom is 0.416 e. The highest BCUT2D eigenvalue weighted by Gasteiger charge is 2.33. The molecule has 0 unspecified atom stereocenters. The summed E-state index contributed by atoms with van der Waals surface area (Å²) >= 11 is 2.97. The number of benzene rings is 1. The number of anilines is 1. The summed E-state index contributed by atoms with van der Waals surface area (Å²) in [5.41, 5.74) is -0.925. The van der Waals surface area contributed by atoms with Crippen LogP contribution in [0.1, 0.15) is 11.1 Å². The second kappa shape index (κ2) is 6.75. The molecule has 0 fully saturated rings. The third-order valence-electron chi connectivity index (χ3n) is 2.56. The highest BCUT2D eigenvalue weighted by Crippen LogP contribution is 2.36. The first-order valence-corrected chi connectivity index (χ1v) is 6.52. The zero-order valence-electron chi connectivity index (χ0n) is 11.0. The lowest BCUT2D eigenvalue weighted by atomic mass is 10.1. The fourth-order valence-corrected chi connectivity index (χ4v) is 2.00. The van der Waals surface area contributed by atoms with Crippen molar-refractivity contribution < 1.29 is 22.8 Å². The Labute approximate surface area is 127 Å². The van der Waals surface area contributed by atoms with Crippen molar-refractivity contribution in [1.82, 2.24) is 5.32 Å². The third kappa shape index (κ3) is 4.89. The molecule has 1 aromatic carbocycles. The molecule has 1 rings (SSSR count). The van der Waals surface area contributed by atoms with Gasteiger partial charge in [-0.25, -0.2) is 0 Å². The Morgan fingerprint density at radius 2 is 2.00 bits per heavy atom. The zero-order valence-corrected chi connectivity index (χ0v) is 12.6. The predicted octanol–water partition coefficient (Wildman–Crippen LogP) is 3.02. The third-order valence-corrected chi connectivity index (χ3v) is 3.02. The van der Waals surface area contributed by atoms with Crippen LogP contribution in [0.15, 0.2) is 29.3 Å². The van der Waals surface area contributed by atoms with Gasteiger partial charge in [-0.05, 0) is 30.7 Å². The molecule has 0 spiro atoms. The number of carbonyl (C=O) groups excluding carboxylic acids is 2. The summed E-state index contributed by atoms with van der Waals surface area (Å²) in [5.74, 6) is -1.19. The van der Waals surface area contributed by atoms with E-state index in [-0.39, 0.29) is 22.3 Å². The Morgan fingerprint density at radius 3 is 2.52 bits per heavy atom. The summed E-state index contributed by atoms with van der Waals surface area (Å²) in [6, 6.07) is 2.29.